The summed E-state index contributed by atoms with van der Waals surface area (Å²) in [6.45, 7) is 0.0412. The summed E-state index contributed by atoms with van der Waals surface area (Å²) < 4.78 is 21.9. The SMILES string of the molecule is NC(=O)c1ncn([C@H]2CC[C@@H](CO[P+](=O)O)O2)n1. The molecule has 0 bridgehead atoms. The van der Waals surface area contributed by atoms with Crippen molar-refractivity contribution in [2.45, 2.75) is 25.2 Å². The van der Waals surface area contributed by atoms with E-state index in [0.29, 0.717) is 12.8 Å². The second kappa shape index (κ2) is 5.49. The van der Waals surface area contributed by atoms with E-state index in [1.54, 1.807) is 0 Å². The van der Waals surface area contributed by atoms with Gasteiger partial charge in [-0.05, 0) is 12.8 Å². The quantitative estimate of drug-likeness (QED) is 0.707. The van der Waals surface area contributed by atoms with E-state index in [2.05, 4.69) is 14.6 Å². The van der Waals surface area contributed by atoms with Gasteiger partial charge in [-0.3, -0.25) is 4.79 Å². The Balaban J connectivity index is 1.91. The van der Waals surface area contributed by atoms with Crippen LogP contribution in [0.25, 0.3) is 0 Å². The number of aromatic nitrogens is 3. The number of carbonyl (C=O) groups excluding carboxylic acids is 1. The zero-order valence-electron chi connectivity index (χ0n) is 9.30. The highest BCUT2D eigenvalue weighted by Crippen LogP contribution is 2.29. The molecular weight excluding hydrogens is 263 g/mol. The average Bonchev–Trinajstić information content (AvgIpc) is 2.95. The number of carbonyl (C=O) groups is 1. The number of nitrogens with zero attached hydrogens (tertiary/aromatic N) is 3. The second-order valence-electron chi connectivity index (χ2n) is 3.74. The van der Waals surface area contributed by atoms with Crippen molar-refractivity contribution in [3.8, 4) is 0 Å². The van der Waals surface area contributed by atoms with E-state index in [1.807, 2.05) is 0 Å². The van der Waals surface area contributed by atoms with Gasteiger partial charge in [-0.2, -0.15) is 0 Å². The van der Waals surface area contributed by atoms with Crippen molar-refractivity contribution in [1.82, 2.24) is 14.8 Å². The van der Waals surface area contributed by atoms with Crippen molar-refractivity contribution in [2.24, 2.45) is 5.73 Å². The van der Waals surface area contributed by atoms with Gasteiger partial charge in [0.1, 0.15) is 12.9 Å². The van der Waals surface area contributed by atoms with Crippen LogP contribution in [-0.4, -0.2) is 38.3 Å². The summed E-state index contributed by atoms with van der Waals surface area (Å²) in [5.41, 5.74) is 5.04. The van der Waals surface area contributed by atoms with E-state index in [0.717, 1.165) is 0 Å². The van der Waals surface area contributed by atoms with Gasteiger partial charge in [0.15, 0.2) is 6.23 Å². The zero-order valence-corrected chi connectivity index (χ0v) is 10.2. The fourth-order valence-corrected chi connectivity index (χ4v) is 1.97. The number of rotatable bonds is 5. The van der Waals surface area contributed by atoms with Gasteiger partial charge in [-0.15, -0.1) is 14.5 Å². The molecule has 3 N–H and O–H groups in total. The van der Waals surface area contributed by atoms with Crippen molar-refractivity contribution < 1.29 is 23.5 Å². The Labute approximate surface area is 103 Å². The highest BCUT2D eigenvalue weighted by molar-refractivity contribution is 7.32. The second-order valence-corrected chi connectivity index (χ2v) is 4.47. The molecule has 0 aliphatic carbocycles. The fraction of sp³-hybridized carbons (Fsp3) is 0.625. The van der Waals surface area contributed by atoms with Crippen LogP contribution < -0.4 is 5.73 Å². The first-order valence-electron chi connectivity index (χ1n) is 5.21. The van der Waals surface area contributed by atoms with E-state index < -0.39 is 14.2 Å². The molecule has 1 saturated heterocycles. The molecule has 1 aliphatic rings. The summed E-state index contributed by atoms with van der Waals surface area (Å²) in [5.74, 6) is -0.777. The Kier molecular flexibility index (Phi) is 3.97. The minimum absolute atomic E-state index is 0.0412. The first kappa shape index (κ1) is 13.0. The molecule has 18 heavy (non-hydrogen) atoms. The fourth-order valence-electron chi connectivity index (χ4n) is 1.68. The number of primary amides is 1. The molecule has 1 aliphatic heterocycles. The lowest BCUT2D eigenvalue weighted by Gasteiger charge is -2.11. The Morgan fingerprint density at radius 3 is 3.11 bits per heavy atom. The third-order valence-corrected chi connectivity index (χ3v) is 2.85. The first-order valence-corrected chi connectivity index (χ1v) is 6.34. The maximum atomic E-state index is 10.8. The number of amides is 1. The minimum atomic E-state index is -2.62. The van der Waals surface area contributed by atoms with Crippen LogP contribution >= 0.6 is 8.25 Å². The third kappa shape index (κ3) is 3.08. The molecule has 1 fully saturated rings. The number of nitrogens with two attached hydrogens (primary N) is 1. The number of ether oxygens (including phenoxy) is 1. The lowest BCUT2D eigenvalue weighted by Crippen LogP contribution is -2.17. The molecule has 98 valence electrons. The molecule has 2 heterocycles. The molecule has 0 spiro atoms. The van der Waals surface area contributed by atoms with Crippen molar-refractivity contribution in [1.29, 1.82) is 0 Å². The summed E-state index contributed by atoms with van der Waals surface area (Å²) >= 11 is 0. The summed E-state index contributed by atoms with van der Waals surface area (Å²) in [6.07, 6.45) is 2.04. The number of hydrogen-bond donors (Lipinski definition) is 2. The summed E-state index contributed by atoms with van der Waals surface area (Å²) in [5, 5.41) is 3.88. The average molecular weight is 275 g/mol. The largest absolute Gasteiger partial charge is 0.694 e. The Hall–Kier alpha value is -1.41. The molecule has 0 aromatic carbocycles. The summed E-state index contributed by atoms with van der Waals surface area (Å²) in [4.78, 5) is 23.1. The normalized spacial score (nSPS) is 24.2. The van der Waals surface area contributed by atoms with E-state index in [9.17, 15) is 9.36 Å². The lowest BCUT2D eigenvalue weighted by molar-refractivity contribution is -0.0242. The molecule has 1 aromatic heterocycles. The van der Waals surface area contributed by atoms with Crippen molar-refractivity contribution in [3.05, 3.63) is 12.2 Å². The molecule has 1 unspecified atom stereocenters. The molecule has 10 heteroatoms. The summed E-state index contributed by atoms with van der Waals surface area (Å²) in [7, 11) is -2.62. The van der Waals surface area contributed by atoms with Gasteiger partial charge >= 0.3 is 8.25 Å². The predicted molar refractivity (Wildman–Crippen MR) is 57.5 cm³/mol. The van der Waals surface area contributed by atoms with E-state index in [-0.39, 0.29) is 24.8 Å². The Morgan fingerprint density at radius 2 is 2.50 bits per heavy atom. The van der Waals surface area contributed by atoms with Crippen LogP contribution in [0.15, 0.2) is 6.33 Å². The molecule has 2 rings (SSSR count). The van der Waals surface area contributed by atoms with Crippen LogP contribution in [0.3, 0.4) is 0 Å². The molecule has 0 radical (unpaired) electrons. The maximum Gasteiger partial charge on any atom is 0.694 e. The van der Waals surface area contributed by atoms with Crippen LogP contribution in [0, 0.1) is 0 Å². The van der Waals surface area contributed by atoms with Gasteiger partial charge in [-0.1, -0.05) is 0 Å². The van der Waals surface area contributed by atoms with Crippen molar-refractivity contribution in [2.75, 3.05) is 6.61 Å². The minimum Gasteiger partial charge on any atom is -0.363 e. The van der Waals surface area contributed by atoms with Crippen LogP contribution in [0.5, 0.6) is 0 Å². The maximum absolute atomic E-state index is 10.8. The van der Waals surface area contributed by atoms with E-state index >= 15 is 0 Å². The smallest absolute Gasteiger partial charge is 0.363 e. The lowest BCUT2D eigenvalue weighted by atomic mass is 10.2. The van der Waals surface area contributed by atoms with Gasteiger partial charge in [0.25, 0.3) is 5.91 Å². The van der Waals surface area contributed by atoms with Crippen LogP contribution in [0.2, 0.25) is 0 Å². The molecule has 1 amide bonds. The standard InChI is InChI=1S/C8H11N4O5P/c9-7(13)8-10-4-12(11-8)6-2-1-5(17-6)3-16-18(14)15/h4-6H,1-3H2,(H2-,9,13,14,15)/p+1/t5-,6+/m0/s1. The molecule has 1 aromatic rings. The Bertz CT molecular complexity index is 464. The van der Waals surface area contributed by atoms with Gasteiger partial charge in [-0.25, -0.2) is 9.67 Å². The molecule has 3 atom stereocenters. The highest BCUT2D eigenvalue weighted by Gasteiger charge is 2.30. The zero-order chi connectivity index (χ0) is 13.1. The third-order valence-electron chi connectivity index (χ3n) is 2.48. The number of hydrogen-bond acceptors (Lipinski definition) is 6. The first-order chi connectivity index (χ1) is 8.56. The van der Waals surface area contributed by atoms with Crippen LogP contribution in [0.4, 0.5) is 0 Å². The van der Waals surface area contributed by atoms with Gasteiger partial charge in [0.2, 0.25) is 5.82 Å². The monoisotopic (exact) mass is 275 g/mol. The van der Waals surface area contributed by atoms with E-state index in [4.69, 9.17) is 15.4 Å². The molecule has 0 saturated carbocycles. The van der Waals surface area contributed by atoms with Gasteiger partial charge in [0.05, 0.1) is 6.10 Å². The van der Waals surface area contributed by atoms with E-state index in [1.165, 1.54) is 11.0 Å². The predicted octanol–water partition coefficient (Wildman–Crippen LogP) is -0.279. The van der Waals surface area contributed by atoms with Gasteiger partial charge < -0.3 is 10.5 Å². The van der Waals surface area contributed by atoms with Crippen LogP contribution in [-0.2, 0) is 13.8 Å². The Morgan fingerprint density at radius 1 is 1.72 bits per heavy atom. The van der Waals surface area contributed by atoms with Crippen molar-refractivity contribution >= 4 is 14.2 Å². The molecular formula is C8H12N4O5P+. The van der Waals surface area contributed by atoms with Gasteiger partial charge in [0, 0.05) is 4.57 Å². The van der Waals surface area contributed by atoms with Crippen LogP contribution in [0.1, 0.15) is 29.7 Å². The summed E-state index contributed by atoms with van der Waals surface area (Å²) in [6, 6.07) is 0. The molecule has 9 nitrogen and oxygen atoms in total. The topological polar surface area (TPSA) is 130 Å². The van der Waals surface area contributed by atoms with Crippen molar-refractivity contribution in [3.63, 3.8) is 0 Å². The highest BCUT2D eigenvalue weighted by atomic mass is 31.1.